The number of aromatic amines is 1. The Morgan fingerprint density at radius 2 is 1.74 bits per heavy atom. The van der Waals surface area contributed by atoms with Gasteiger partial charge in [-0.25, -0.2) is 4.90 Å². The molecule has 9 nitrogen and oxygen atoms in total. The zero-order chi connectivity index (χ0) is 27.3. The average molecular weight is 607 g/mol. The summed E-state index contributed by atoms with van der Waals surface area (Å²) in [5.74, 6) is -2.14. The molecule has 0 saturated carbocycles. The van der Waals surface area contributed by atoms with Gasteiger partial charge in [0, 0.05) is 39.5 Å². The van der Waals surface area contributed by atoms with Gasteiger partial charge in [0.25, 0.3) is 5.91 Å². The molecule has 1 aromatic heterocycles. The second-order valence-electron chi connectivity index (χ2n) is 9.20. The molecular weight excluding hydrogens is 585 g/mol. The molecule has 0 radical (unpaired) electrons. The molecule has 3 aliphatic heterocycles. The van der Waals surface area contributed by atoms with Crippen molar-refractivity contribution in [3.05, 3.63) is 72.6 Å². The van der Waals surface area contributed by atoms with Gasteiger partial charge in [0.05, 0.1) is 29.8 Å². The first-order valence-electron chi connectivity index (χ1n) is 12.1. The zero-order valence-corrected chi connectivity index (χ0v) is 23.4. The second-order valence-corrected chi connectivity index (χ2v) is 12.2. The number of thioether (sulfide) groups is 1. The molecule has 3 atom stereocenters. The molecule has 3 unspecified atom stereocenters. The van der Waals surface area contributed by atoms with Crippen LogP contribution in [0.25, 0.3) is 0 Å². The minimum atomic E-state index is -0.826. The number of benzene rings is 2. The number of H-pyrrole nitrogens is 1. The van der Waals surface area contributed by atoms with Gasteiger partial charge in [-0.2, -0.15) is 0 Å². The summed E-state index contributed by atoms with van der Waals surface area (Å²) in [7, 11) is 0. The molecule has 0 aliphatic carbocycles. The lowest BCUT2D eigenvalue weighted by atomic mass is 9.82. The van der Waals surface area contributed by atoms with Crippen LogP contribution in [0.4, 0.5) is 5.69 Å². The monoisotopic (exact) mass is 605 g/mol. The van der Waals surface area contributed by atoms with E-state index in [4.69, 9.17) is 32.7 Å². The van der Waals surface area contributed by atoms with Gasteiger partial charge < -0.3 is 19.4 Å². The van der Waals surface area contributed by atoms with E-state index in [1.54, 1.807) is 47.4 Å². The summed E-state index contributed by atoms with van der Waals surface area (Å²) in [5.41, 5.74) is 0.946. The number of carbonyl (C=O) groups excluding carboxylic acids is 3. The fourth-order valence-corrected chi connectivity index (χ4v) is 7.95. The van der Waals surface area contributed by atoms with Crippen LogP contribution in [-0.2, 0) is 19.1 Å². The minimum absolute atomic E-state index is 0.190. The third kappa shape index (κ3) is 4.87. The third-order valence-corrected chi connectivity index (χ3v) is 9.82. The van der Waals surface area contributed by atoms with Crippen molar-refractivity contribution in [3.8, 4) is 5.75 Å². The number of nitrogens with one attached hydrogen (secondary N) is 1. The van der Waals surface area contributed by atoms with Gasteiger partial charge in [0.1, 0.15) is 11.0 Å². The molecule has 0 spiro atoms. The van der Waals surface area contributed by atoms with Crippen LogP contribution in [0, 0.1) is 5.92 Å². The summed E-state index contributed by atoms with van der Waals surface area (Å²) in [6.07, 6.45) is 0. The molecule has 2 fully saturated rings. The molecule has 2 aromatic carbocycles. The number of thiazole rings is 1. The van der Waals surface area contributed by atoms with Crippen molar-refractivity contribution < 1.29 is 23.9 Å². The first-order chi connectivity index (χ1) is 18.8. The number of nitrogens with zero attached hydrogens (tertiary/aromatic N) is 2. The molecule has 0 bridgehead atoms. The number of hydrogen-bond acceptors (Lipinski definition) is 8. The van der Waals surface area contributed by atoms with Crippen molar-refractivity contribution in [1.82, 2.24) is 9.88 Å². The van der Waals surface area contributed by atoms with Crippen molar-refractivity contribution in [1.29, 1.82) is 0 Å². The lowest BCUT2D eigenvalue weighted by molar-refractivity contribution is -0.137. The number of hydrogen-bond donors (Lipinski definition) is 1. The van der Waals surface area contributed by atoms with Crippen LogP contribution in [0.3, 0.4) is 0 Å². The number of rotatable bonds is 5. The Morgan fingerprint density at radius 3 is 2.49 bits per heavy atom. The third-order valence-electron chi connectivity index (χ3n) is 6.93. The molecule has 3 amide bonds. The number of carbonyl (C=O) groups is 3. The van der Waals surface area contributed by atoms with E-state index in [-0.39, 0.29) is 23.3 Å². The number of morpholine rings is 1. The largest absolute Gasteiger partial charge is 0.483 e. The standard InChI is InChI=1S/C26H21Cl2N3O6S2/c27-13-1-4-15(5-2-13)31-24(33)20-19(21-23(29-26(35)39-21)38-22(20)25(31)34)16-11-14(28)3-6-17(16)37-12-18(32)30-7-9-36-10-8-30/h1-6,11,19-20,22H,7-10,12H2,(H,29,35). The average Bonchev–Trinajstić information content (AvgIpc) is 3.43. The topological polar surface area (TPSA) is 109 Å². The number of amides is 3. The number of imide groups is 1. The van der Waals surface area contributed by atoms with E-state index in [9.17, 15) is 19.2 Å². The normalized spacial score (nSPS) is 22.6. The highest BCUT2D eigenvalue weighted by atomic mass is 35.5. The predicted octanol–water partition coefficient (Wildman–Crippen LogP) is 3.78. The van der Waals surface area contributed by atoms with Gasteiger partial charge in [0.15, 0.2) is 6.61 Å². The van der Waals surface area contributed by atoms with Gasteiger partial charge in [0.2, 0.25) is 11.8 Å². The van der Waals surface area contributed by atoms with Crippen LogP contribution in [0.1, 0.15) is 16.4 Å². The molecule has 1 N–H and O–H groups in total. The number of halogens is 2. The van der Waals surface area contributed by atoms with Crippen molar-refractivity contribution in [3.63, 3.8) is 0 Å². The van der Waals surface area contributed by atoms with Crippen molar-refractivity contribution in [2.45, 2.75) is 16.2 Å². The molecular formula is C26H21Cl2N3O6S2. The Hall–Kier alpha value is -2.83. The fraction of sp³-hybridized carbons (Fsp3) is 0.308. The summed E-state index contributed by atoms with van der Waals surface area (Å²) in [4.78, 5) is 58.7. The van der Waals surface area contributed by atoms with Gasteiger partial charge >= 0.3 is 4.87 Å². The number of aromatic nitrogens is 1. The smallest absolute Gasteiger partial charge is 0.305 e. The fourth-order valence-electron chi connectivity index (χ4n) is 5.13. The molecule has 2 saturated heterocycles. The minimum Gasteiger partial charge on any atom is -0.483 e. The Labute approximate surface area is 241 Å². The van der Waals surface area contributed by atoms with Crippen molar-refractivity contribution in [2.24, 2.45) is 5.92 Å². The SMILES string of the molecule is O=C(COc1ccc(Cl)cc1C1c2sc(=O)[nH]c2SC2C(=O)N(c3ccc(Cl)cc3)C(=O)C21)N1CCOCC1. The Balaban J connectivity index is 1.39. The second kappa shape index (κ2) is 10.6. The van der Waals surface area contributed by atoms with E-state index >= 15 is 0 Å². The summed E-state index contributed by atoms with van der Waals surface area (Å²) in [6, 6.07) is 11.4. The number of anilines is 1. The Morgan fingerprint density at radius 1 is 1.03 bits per heavy atom. The van der Waals surface area contributed by atoms with Crippen LogP contribution in [0.2, 0.25) is 10.0 Å². The lowest BCUT2D eigenvalue weighted by Gasteiger charge is -2.31. The first kappa shape index (κ1) is 26.4. The van der Waals surface area contributed by atoms with E-state index in [0.29, 0.717) is 63.3 Å². The van der Waals surface area contributed by atoms with Crippen LogP contribution in [0.5, 0.6) is 5.75 Å². The van der Waals surface area contributed by atoms with E-state index in [0.717, 1.165) is 11.3 Å². The molecule has 4 heterocycles. The highest BCUT2D eigenvalue weighted by Gasteiger charge is 2.56. The highest BCUT2D eigenvalue weighted by Crippen LogP contribution is 2.54. The van der Waals surface area contributed by atoms with E-state index in [1.165, 1.54) is 16.7 Å². The van der Waals surface area contributed by atoms with Gasteiger partial charge in [-0.05, 0) is 42.5 Å². The molecule has 3 aromatic rings. The molecule has 3 aliphatic rings. The van der Waals surface area contributed by atoms with Crippen LogP contribution in [0.15, 0.2) is 52.3 Å². The number of fused-ring (bicyclic) bond motifs is 2. The Bertz CT molecular complexity index is 1520. The Kier molecular flexibility index (Phi) is 7.19. The summed E-state index contributed by atoms with van der Waals surface area (Å²) in [6.45, 7) is 1.69. The van der Waals surface area contributed by atoms with E-state index in [2.05, 4.69) is 4.98 Å². The number of ether oxygens (including phenoxy) is 2. The van der Waals surface area contributed by atoms with Crippen molar-refractivity contribution in [2.75, 3.05) is 37.8 Å². The van der Waals surface area contributed by atoms with E-state index in [1.807, 2.05) is 0 Å². The van der Waals surface area contributed by atoms with Crippen molar-refractivity contribution >= 4 is 69.7 Å². The zero-order valence-electron chi connectivity index (χ0n) is 20.2. The van der Waals surface area contributed by atoms with Gasteiger partial charge in [-0.3, -0.25) is 19.2 Å². The molecule has 6 rings (SSSR count). The lowest BCUT2D eigenvalue weighted by Crippen LogP contribution is -2.43. The van der Waals surface area contributed by atoms with Crippen LogP contribution < -0.4 is 14.5 Å². The predicted molar refractivity (Wildman–Crippen MR) is 148 cm³/mol. The van der Waals surface area contributed by atoms with Crippen LogP contribution in [-0.4, -0.2) is 65.8 Å². The maximum Gasteiger partial charge on any atom is 0.305 e. The molecule has 202 valence electrons. The summed E-state index contributed by atoms with van der Waals surface area (Å²) >= 11 is 14.6. The first-order valence-corrected chi connectivity index (χ1v) is 14.6. The van der Waals surface area contributed by atoms with Gasteiger partial charge in [-0.1, -0.05) is 46.3 Å². The van der Waals surface area contributed by atoms with E-state index < -0.39 is 23.0 Å². The molecule has 13 heteroatoms. The maximum atomic E-state index is 13.9. The van der Waals surface area contributed by atoms with Gasteiger partial charge in [-0.15, -0.1) is 0 Å². The highest BCUT2D eigenvalue weighted by molar-refractivity contribution is 8.00. The maximum absolute atomic E-state index is 13.9. The van der Waals surface area contributed by atoms with Crippen LogP contribution >= 0.6 is 46.3 Å². The summed E-state index contributed by atoms with van der Waals surface area (Å²) in [5, 5.41) is 0.625. The quantitative estimate of drug-likeness (QED) is 0.441. The molecule has 39 heavy (non-hydrogen) atoms. The summed E-state index contributed by atoms with van der Waals surface area (Å²) < 4.78 is 11.3.